The Hall–Kier alpha value is -2.13. The van der Waals surface area contributed by atoms with Gasteiger partial charge in [0.25, 0.3) is 5.69 Å². The van der Waals surface area contributed by atoms with E-state index in [2.05, 4.69) is 14.8 Å². The van der Waals surface area contributed by atoms with E-state index in [9.17, 15) is 15.2 Å². The highest BCUT2D eigenvalue weighted by Gasteiger charge is 2.20. The van der Waals surface area contributed by atoms with Gasteiger partial charge in [0, 0.05) is 51.1 Å². The average Bonchev–Trinajstić information content (AvgIpc) is 2.68. The van der Waals surface area contributed by atoms with Gasteiger partial charge in [-0.25, -0.2) is 4.98 Å². The minimum absolute atomic E-state index is 0. The van der Waals surface area contributed by atoms with Gasteiger partial charge in [0.2, 0.25) is 0 Å². The fraction of sp³-hybridized carbons (Fsp3) is 0.389. The van der Waals surface area contributed by atoms with Gasteiger partial charge in [-0.3, -0.25) is 15.0 Å². The summed E-state index contributed by atoms with van der Waals surface area (Å²) < 4.78 is 5.51. The zero-order valence-corrected chi connectivity index (χ0v) is 16.8. The Balaban J connectivity index is 0.00000196. The van der Waals surface area contributed by atoms with Crippen molar-refractivity contribution < 1.29 is 14.8 Å². The van der Waals surface area contributed by atoms with Crippen molar-refractivity contribution in [2.75, 3.05) is 44.2 Å². The number of aliphatic hydroxyl groups is 1. The molecule has 2 heterocycles. The van der Waals surface area contributed by atoms with Crippen molar-refractivity contribution in [2.45, 2.75) is 6.10 Å². The van der Waals surface area contributed by atoms with Crippen molar-refractivity contribution in [1.82, 2.24) is 9.88 Å². The molecule has 28 heavy (non-hydrogen) atoms. The molecule has 0 aliphatic carbocycles. The molecule has 10 heteroatoms. The number of halogens is 2. The van der Waals surface area contributed by atoms with Gasteiger partial charge in [-0.2, -0.15) is 0 Å². The highest BCUT2D eigenvalue weighted by molar-refractivity contribution is 5.85. The molecule has 0 unspecified atom stereocenters. The number of hydrogen-bond donors (Lipinski definition) is 1. The lowest BCUT2D eigenvalue weighted by atomic mass is 10.2. The lowest BCUT2D eigenvalue weighted by Crippen LogP contribution is -2.49. The van der Waals surface area contributed by atoms with Crippen molar-refractivity contribution in [3.8, 4) is 5.75 Å². The second-order valence-electron chi connectivity index (χ2n) is 6.19. The summed E-state index contributed by atoms with van der Waals surface area (Å²) >= 11 is 0. The van der Waals surface area contributed by atoms with Crippen LogP contribution >= 0.6 is 24.8 Å². The second-order valence-corrected chi connectivity index (χ2v) is 6.19. The molecule has 0 amide bonds. The SMILES string of the molecule is Cl.Cl.O=[N+]([O-])c1ccc(OC[C@@H](O)CN2CCN(c3ccccn3)CC2)cc1. The van der Waals surface area contributed by atoms with Gasteiger partial charge >= 0.3 is 0 Å². The topological polar surface area (TPSA) is 92.0 Å². The first-order valence-corrected chi connectivity index (χ1v) is 8.55. The third-order valence-corrected chi connectivity index (χ3v) is 4.30. The summed E-state index contributed by atoms with van der Waals surface area (Å²) in [5.74, 6) is 1.49. The highest BCUT2D eigenvalue weighted by atomic mass is 35.5. The smallest absolute Gasteiger partial charge is 0.269 e. The predicted octanol–water partition coefficient (Wildman–Crippen LogP) is 2.40. The molecule has 1 aliphatic rings. The van der Waals surface area contributed by atoms with E-state index in [4.69, 9.17) is 4.74 Å². The summed E-state index contributed by atoms with van der Waals surface area (Å²) in [6.07, 6.45) is 1.17. The van der Waals surface area contributed by atoms with E-state index in [1.165, 1.54) is 24.3 Å². The molecule has 1 aliphatic heterocycles. The molecule has 8 nitrogen and oxygen atoms in total. The molecule has 1 N–H and O–H groups in total. The zero-order chi connectivity index (χ0) is 18.4. The Morgan fingerprint density at radius 3 is 2.36 bits per heavy atom. The van der Waals surface area contributed by atoms with Gasteiger partial charge in [-0.05, 0) is 24.3 Å². The molecule has 1 atom stereocenters. The van der Waals surface area contributed by atoms with Gasteiger partial charge in [0.05, 0.1) is 4.92 Å². The van der Waals surface area contributed by atoms with Crippen LogP contribution in [0, 0.1) is 10.1 Å². The van der Waals surface area contributed by atoms with E-state index in [0.29, 0.717) is 12.3 Å². The number of ether oxygens (including phenoxy) is 1. The Morgan fingerprint density at radius 1 is 1.11 bits per heavy atom. The van der Waals surface area contributed by atoms with Crippen molar-refractivity contribution in [1.29, 1.82) is 0 Å². The van der Waals surface area contributed by atoms with Crippen LogP contribution in [0.5, 0.6) is 5.75 Å². The Morgan fingerprint density at radius 2 is 1.79 bits per heavy atom. The van der Waals surface area contributed by atoms with Crippen LogP contribution in [0.1, 0.15) is 0 Å². The Labute approximate surface area is 176 Å². The summed E-state index contributed by atoms with van der Waals surface area (Å²) in [5.41, 5.74) is 0.0173. The Kier molecular flexibility index (Phi) is 9.95. The number of aliphatic hydroxyl groups excluding tert-OH is 1. The van der Waals surface area contributed by atoms with Crippen molar-refractivity contribution >= 4 is 36.3 Å². The zero-order valence-electron chi connectivity index (χ0n) is 15.2. The number of β-amino-alcohol motifs (C(OH)–C–C–N with tert-alkyl or cyclic N) is 1. The molecule has 3 rings (SSSR count). The fourth-order valence-corrected chi connectivity index (χ4v) is 2.91. The number of nitro benzene ring substituents is 1. The number of nitrogens with zero attached hydrogens (tertiary/aromatic N) is 4. The maximum absolute atomic E-state index is 10.6. The maximum Gasteiger partial charge on any atom is 0.269 e. The van der Waals surface area contributed by atoms with Gasteiger partial charge in [-0.1, -0.05) is 6.07 Å². The lowest BCUT2D eigenvalue weighted by molar-refractivity contribution is -0.384. The van der Waals surface area contributed by atoms with E-state index in [-0.39, 0.29) is 37.1 Å². The van der Waals surface area contributed by atoms with Gasteiger partial charge in [0.1, 0.15) is 24.3 Å². The number of non-ortho nitro benzene ring substituents is 1. The molecule has 1 fully saturated rings. The van der Waals surface area contributed by atoms with E-state index in [1.54, 1.807) is 6.20 Å². The molecule has 0 saturated carbocycles. The van der Waals surface area contributed by atoms with E-state index in [1.807, 2.05) is 18.2 Å². The summed E-state index contributed by atoms with van der Waals surface area (Å²) in [6.45, 7) is 4.12. The molecule has 154 valence electrons. The number of piperazine rings is 1. The number of anilines is 1. The largest absolute Gasteiger partial charge is 0.491 e. The van der Waals surface area contributed by atoms with Crippen LogP contribution in [-0.4, -0.2) is 65.3 Å². The van der Waals surface area contributed by atoms with Crippen molar-refractivity contribution in [2.24, 2.45) is 0 Å². The minimum Gasteiger partial charge on any atom is -0.491 e. The molecule has 0 spiro atoms. The predicted molar refractivity (Wildman–Crippen MR) is 112 cm³/mol. The number of pyridine rings is 1. The first kappa shape index (κ1) is 23.9. The normalized spacial score (nSPS) is 15.1. The fourth-order valence-electron chi connectivity index (χ4n) is 2.91. The highest BCUT2D eigenvalue weighted by Crippen LogP contribution is 2.17. The quantitative estimate of drug-likeness (QED) is 0.532. The standard InChI is InChI=1S/C18H22N4O4.2ClH/c23-16(14-26-17-6-4-15(5-7-17)22(24)25)13-20-9-11-21(12-10-20)18-3-1-2-8-19-18;;/h1-8,16,23H,9-14H2;2*1H/t16-;;/m0../s1. The summed E-state index contributed by atoms with van der Waals surface area (Å²) in [5, 5.41) is 20.8. The van der Waals surface area contributed by atoms with Crippen LogP contribution < -0.4 is 9.64 Å². The molecule has 1 aromatic heterocycles. The van der Waals surface area contributed by atoms with E-state index in [0.717, 1.165) is 32.0 Å². The third-order valence-electron chi connectivity index (χ3n) is 4.30. The average molecular weight is 431 g/mol. The first-order chi connectivity index (χ1) is 12.6. The maximum atomic E-state index is 10.6. The van der Waals surface area contributed by atoms with Crippen LogP contribution in [0.2, 0.25) is 0 Å². The molecule has 2 aromatic rings. The number of hydrogen-bond acceptors (Lipinski definition) is 7. The molecule has 0 bridgehead atoms. The number of rotatable bonds is 7. The van der Waals surface area contributed by atoms with Crippen LogP contribution in [-0.2, 0) is 0 Å². The Bertz CT molecular complexity index is 713. The van der Waals surface area contributed by atoms with Gasteiger partial charge in [-0.15, -0.1) is 24.8 Å². The van der Waals surface area contributed by atoms with Crippen LogP contribution in [0.4, 0.5) is 11.5 Å². The number of aromatic nitrogens is 1. The molecular formula is C18H24Cl2N4O4. The van der Waals surface area contributed by atoms with Gasteiger partial charge < -0.3 is 14.7 Å². The molecule has 0 radical (unpaired) electrons. The summed E-state index contributed by atoms with van der Waals surface area (Å²) in [6, 6.07) is 11.7. The van der Waals surface area contributed by atoms with E-state index < -0.39 is 11.0 Å². The minimum atomic E-state index is -0.619. The van der Waals surface area contributed by atoms with Crippen LogP contribution in [0.15, 0.2) is 48.7 Å². The summed E-state index contributed by atoms with van der Waals surface area (Å²) in [4.78, 5) is 19.0. The van der Waals surface area contributed by atoms with Gasteiger partial charge in [0.15, 0.2) is 0 Å². The van der Waals surface area contributed by atoms with Crippen LogP contribution in [0.25, 0.3) is 0 Å². The summed E-state index contributed by atoms with van der Waals surface area (Å²) in [7, 11) is 0. The molecule has 1 saturated heterocycles. The monoisotopic (exact) mass is 430 g/mol. The third kappa shape index (κ3) is 6.79. The van der Waals surface area contributed by atoms with Crippen LogP contribution in [0.3, 0.4) is 0 Å². The van der Waals surface area contributed by atoms with E-state index >= 15 is 0 Å². The lowest BCUT2D eigenvalue weighted by Gasteiger charge is -2.36. The number of nitro groups is 1. The number of benzene rings is 1. The first-order valence-electron chi connectivity index (χ1n) is 8.55. The molecule has 1 aromatic carbocycles. The van der Waals surface area contributed by atoms with Crippen molar-refractivity contribution in [3.05, 3.63) is 58.8 Å². The second kappa shape index (κ2) is 11.7. The van der Waals surface area contributed by atoms with Crippen molar-refractivity contribution in [3.63, 3.8) is 0 Å². The molecular weight excluding hydrogens is 407 g/mol.